The molecule has 4 aliphatic rings. The lowest BCUT2D eigenvalue weighted by Crippen LogP contribution is -2.42. The number of aliphatic carboxylic acids is 1. The number of H-pyrrole nitrogens is 1. The highest BCUT2D eigenvalue weighted by molar-refractivity contribution is 8.00. The van der Waals surface area contributed by atoms with E-state index in [2.05, 4.69) is 10.3 Å². The number of carboxylic acid groups (broad SMARTS) is 1. The number of amides is 3. The SMILES string of the molecule is O=C(O)CCCN1C(=O)C2C3CC(C2C1=O)C1C3Sc2[nH]c(=O)sc2[C@@H]1c1ccccc1OCC(=O)Nc1ccc(O)cc1. The van der Waals surface area contributed by atoms with Gasteiger partial charge < -0.3 is 25.3 Å². The third-order valence-electron chi connectivity index (χ3n) is 9.35. The number of para-hydroxylation sites is 1. The van der Waals surface area contributed by atoms with Gasteiger partial charge in [0.2, 0.25) is 11.8 Å². The van der Waals surface area contributed by atoms with E-state index in [1.165, 1.54) is 17.0 Å². The number of benzene rings is 2. The molecule has 2 saturated carbocycles. The van der Waals surface area contributed by atoms with Crippen molar-refractivity contribution < 1.29 is 34.1 Å². The monoisotopic (exact) mass is 635 g/mol. The Kier molecular flexibility index (Phi) is 7.24. The van der Waals surface area contributed by atoms with E-state index in [1.54, 1.807) is 30.0 Å². The number of aromatic nitrogens is 1. The van der Waals surface area contributed by atoms with Gasteiger partial charge in [-0.15, -0.1) is 11.8 Å². The van der Waals surface area contributed by atoms with Crippen molar-refractivity contribution in [3.63, 3.8) is 0 Å². The number of rotatable bonds is 9. The van der Waals surface area contributed by atoms with Crippen molar-refractivity contribution in [2.75, 3.05) is 18.5 Å². The van der Waals surface area contributed by atoms with Crippen LogP contribution in [0.15, 0.2) is 58.4 Å². The van der Waals surface area contributed by atoms with Crippen LogP contribution >= 0.6 is 23.1 Å². The number of nitrogens with zero attached hydrogens (tertiary/aromatic N) is 1. The summed E-state index contributed by atoms with van der Waals surface area (Å²) in [6.45, 7) is -0.162. The number of thioether (sulfide) groups is 1. The Morgan fingerprint density at radius 1 is 1.02 bits per heavy atom. The second-order valence-electron chi connectivity index (χ2n) is 11.7. The zero-order valence-corrected chi connectivity index (χ0v) is 24.9. The standard InChI is InChI=1S/C31H29N3O8S2/c35-15-9-7-14(8-10-15)32-20(36)13-42-19-5-2-1-4-16(19)22-23-17-12-18(26(23)43-28-27(22)44-31(41)33-28)25-24(17)29(39)34(30(25)40)11-3-6-21(37)38/h1-2,4-5,7-10,17-18,22-26,35H,3,6,11-13H2,(H,32,36)(H,33,41)(H,37,38)/t17?,18?,22-,23?,24?,25?,26?/m1/s1. The number of fused-ring (bicyclic) bond motifs is 9. The van der Waals surface area contributed by atoms with Crippen molar-refractivity contribution in [1.82, 2.24) is 9.88 Å². The van der Waals surface area contributed by atoms with Crippen molar-refractivity contribution in [3.8, 4) is 11.5 Å². The van der Waals surface area contributed by atoms with Gasteiger partial charge in [0, 0.05) is 40.3 Å². The molecule has 44 heavy (non-hydrogen) atoms. The Labute approximate surface area is 259 Å². The number of hydrogen-bond acceptors (Lipinski definition) is 9. The van der Waals surface area contributed by atoms with Gasteiger partial charge in [-0.2, -0.15) is 0 Å². The fraction of sp³-hybridized carbons (Fsp3) is 0.387. The number of ether oxygens (including phenoxy) is 1. The molecule has 6 unspecified atom stereocenters. The highest BCUT2D eigenvalue weighted by Gasteiger charge is 2.69. The van der Waals surface area contributed by atoms with Crippen molar-refractivity contribution in [2.45, 2.75) is 35.5 Å². The Morgan fingerprint density at radius 2 is 1.75 bits per heavy atom. The van der Waals surface area contributed by atoms with Crippen LogP contribution in [0.5, 0.6) is 11.5 Å². The van der Waals surface area contributed by atoms with Crippen molar-refractivity contribution in [3.05, 3.63) is 68.6 Å². The maximum atomic E-state index is 13.7. The molecular formula is C31H29N3O8S2. The number of phenolic OH excluding ortho intramolecular Hbond substituents is 1. The second kappa shape index (κ2) is 11.1. The Hall–Kier alpha value is -4.10. The maximum Gasteiger partial charge on any atom is 0.305 e. The van der Waals surface area contributed by atoms with E-state index in [0.717, 1.165) is 33.2 Å². The number of carbonyl (C=O) groups excluding carboxylic acids is 3. The molecule has 13 heteroatoms. The fourth-order valence-corrected chi connectivity index (χ4v) is 10.7. The molecule has 3 aromatic rings. The number of nitrogens with one attached hydrogen (secondary N) is 2. The predicted octanol–water partition coefficient (Wildman–Crippen LogP) is 3.50. The van der Waals surface area contributed by atoms with Gasteiger partial charge in [0.05, 0.1) is 16.9 Å². The molecule has 0 spiro atoms. The van der Waals surface area contributed by atoms with E-state index in [9.17, 15) is 29.1 Å². The number of carboxylic acids is 1. The summed E-state index contributed by atoms with van der Waals surface area (Å²) in [4.78, 5) is 68.5. The topological polar surface area (TPSA) is 166 Å². The largest absolute Gasteiger partial charge is 0.508 e. The number of aromatic hydroxyl groups is 1. The van der Waals surface area contributed by atoms with Gasteiger partial charge >= 0.3 is 10.8 Å². The molecule has 1 saturated heterocycles. The summed E-state index contributed by atoms with van der Waals surface area (Å²) in [6.07, 6.45) is 0.834. The zero-order chi connectivity index (χ0) is 30.7. The van der Waals surface area contributed by atoms with Gasteiger partial charge in [0.1, 0.15) is 11.5 Å². The molecule has 7 atom stereocenters. The van der Waals surface area contributed by atoms with Gasteiger partial charge in [-0.05, 0) is 60.9 Å². The second-order valence-corrected chi connectivity index (χ2v) is 13.9. The summed E-state index contributed by atoms with van der Waals surface area (Å²) in [6, 6.07) is 13.5. The van der Waals surface area contributed by atoms with E-state index >= 15 is 0 Å². The Morgan fingerprint density at radius 3 is 2.50 bits per heavy atom. The highest BCUT2D eigenvalue weighted by Crippen LogP contribution is 2.69. The molecule has 2 aliphatic carbocycles. The highest BCUT2D eigenvalue weighted by atomic mass is 32.2. The van der Waals surface area contributed by atoms with E-state index in [1.807, 2.05) is 18.2 Å². The molecular weight excluding hydrogens is 606 g/mol. The molecule has 1 aromatic heterocycles. The minimum Gasteiger partial charge on any atom is -0.508 e. The molecule has 2 aromatic carbocycles. The molecule has 3 fully saturated rings. The summed E-state index contributed by atoms with van der Waals surface area (Å²) >= 11 is 2.73. The van der Waals surface area contributed by atoms with Crippen LogP contribution in [0.2, 0.25) is 0 Å². The number of thiazole rings is 1. The first-order valence-electron chi connectivity index (χ1n) is 14.5. The van der Waals surface area contributed by atoms with Crippen LogP contribution in [-0.4, -0.2) is 62.2 Å². The number of hydrogen-bond donors (Lipinski definition) is 4. The van der Waals surface area contributed by atoms with E-state index < -0.39 is 17.8 Å². The number of imide groups is 1. The summed E-state index contributed by atoms with van der Waals surface area (Å²) in [5.41, 5.74) is 1.33. The van der Waals surface area contributed by atoms with Gasteiger partial charge in [0.25, 0.3) is 5.91 Å². The average molecular weight is 636 g/mol. The molecule has 11 nitrogen and oxygen atoms in total. The van der Waals surface area contributed by atoms with Crippen LogP contribution in [0, 0.1) is 29.6 Å². The van der Waals surface area contributed by atoms with Crippen LogP contribution in [0.3, 0.4) is 0 Å². The third-order valence-corrected chi connectivity index (χ3v) is 11.9. The first-order valence-corrected chi connectivity index (χ1v) is 16.2. The Balaban J connectivity index is 1.18. The van der Waals surface area contributed by atoms with Gasteiger partial charge in [-0.25, -0.2) is 0 Å². The van der Waals surface area contributed by atoms with Crippen LogP contribution < -0.4 is 14.9 Å². The van der Waals surface area contributed by atoms with Crippen molar-refractivity contribution >= 4 is 52.5 Å². The van der Waals surface area contributed by atoms with Crippen molar-refractivity contribution in [1.29, 1.82) is 0 Å². The van der Waals surface area contributed by atoms with Crippen molar-refractivity contribution in [2.24, 2.45) is 29.6 Å². The molecule has 2 bridgehead atoms. The molecule has 7 rings (SSSR count). The minimum atomic E-state index is -0.964. The summed E-state index contributed by atoms with van der Waals surface area (Å²) in [5, 5.41) is 22.1. The summed E-state index contributed by atoms with van der Waals surface area (Å²) in [5.74, 6) is -2.56. The molecule has 0 radical (unpaired) electrons. The summed E-state index contributed by atoms with van der Waals surface area (Å²) in [7, 11) is 0. The normalized spacial score (nSPS) is 28.0. The van der Waals surface area contributed by atoms with Crippen LogP contribution in [-0.2, 0) is 19.2 Å². The lowest BCUT2D eigenvalue weighted by atomic mass is 9.68. The molecule has 3 amide bonds. The van der Waals surface area contributed by atoms with Crippen LogP contribution in [0.25, 0.3) is 0 Å². The molecule has 2 aliphatic heterocycles. The Bertz CT molecular complexity index is 1720. The van der Waals surface area contributed by atoms with E-state index in [4.69, 9.17) is 9.84 Å². The smallest absolute Gasteiger partial charge is 0.305 e. The molecule has 3 heterocycles. The summed E-state index contributed by atoms with van der Waals surface area (Å²) < 4.78 is 6.07. The third kappa shape index (κ3) is 4.78. The number of carbonyl (C=O) groups is 4. The lowest BCUT2D eigenvalue weighted by molar-refractivity contribution is -0.142. The fourth-order valence-electron chi connectivity index (χ4n) is 7.79. The zero-order valence-electron chi connectivity index (χ0n) is 23.3. The maximum absolute atomic E-state index is 13.7. The number of likely N-dealkylation sites (tertiary alicyclic amines) is 1. The number of phenols is 1. The number of aromatic amines is 1. The van der Waals surface area contributed by atoms with E-state index in [0.29, 0.717) is 11.4 Å². The van der Waals surface area contributed by atoms with E-state index in [-0.39, 0.29) is 83.3 Å². The van der Waals surface area contributed by atoms with Gasteiger partial charge in [-0.1, -0.05) is 29.5 Å². The minimum absolute atomic E-state index is 0.00873. The predicted molar refractivity (Wildman–Crippen MR) is 161 cm³/mol. The quantitative estimate of drug-likeness (QED) is 0.203. The first-order chi connectivity index (χ1) is 21.2. The van der Waals surface area contributed by atoms with Crippen LogP contribution in [0.4, 0.5) is 5.69 Å². The first kappa shape index (κ1) is 28.7. The number of anilines is 1. The van der Waals surface area contributed by atoms with Gasteiger partial charge in [-0.3, -0.25) is 28.9 Å². The lowest BCUT2D eigenvalue weighted by Gasteiger charge is -2.43. The average Bonchev–Trinajstić information content (AvgIpc) is 3.73. The van der Waals surface area contributed by atoms with Crippen LogP contribution in [0.1, 0.15) is 35.6 Å². The van der Waals surface area contributed by atoms with Gasteiger partial charge in [0.15, 0.2) is 6.61 Å². The molecule has 228 valence electrons. The molecule has 4 N–H and O–H groups in total.